The van der Waals surface area contributed by atoms with E-state index in [2.05, 4.69) is 49.2 Å². The Kier molecular flexibility index (Phi) is 2.84. The molecule has 0 fully saturated rings. The van der Waals surface area contributed by atoms with Crippen molar-refractivity contribution >= 4 is 43.1 Å². The fourth-order valence-electron chi connectivity index (χ4n) is 2.46. The Balaban J connectivity index is 1.91. The van der Waals surface area contributed by atoms with Crippen LogP contribution in [0.15, 0.2) is 30.3 Å². The van der Waals surface area contributed by atoms with Crippen molar-refractivity contribution < 1.29 is 0 Å². The van der Waals surface area contributed by atoms with Crippen molar-refractivity contribution in [1.29, 1.82) is 0 Å². The standard InChI is InChI=1S/C17H14N2S2/c1-9-4-5-12(6-10(9)2)17-19-14-8-15-13(7-16(14)21-17)18-11(3)20-15/h4-8H,1-3H3. The molecule has 0 aliphatic heterocycles. The summed E-state index contributed by atoms with van der Waals surface area (Å²) >= 11 is 3.47. The minimum absolute atomic E-state index is 1.07. The molecule has 0 N–H and O–H groups in total. The highest BCUT2D eigenvalue weighted by molar-refractivity contribution is 7.22. The SMILES string of the molecule is Cc1nc2cc3sc(-c4ccc(C)c(C)c4)nc3cc2s1. The smallest absolute Gasteiger partial charge is 0.124 e. The average Bonchev–Trinajstić information content (AvgIpc) is 3.00. The predicted octanol–water partition coefficient (Wildman–Crippen LogP) is 5.50. The molecule has 0 amide bonds. The Labute approximate surface area is 131 Å². The van der Waals surface area contributed by atoms with Gasteiger partial charge in [-0.15, -0.1) is 22.7 Å². The van der Waals surface area contributed by atoms with Crippen LogP contribution >= 0.6 is 22.7 Å². The van der Waals surface area contributed by atoms with Crippen molar-refractivity contribution in [2.24, 2.45) is 0 Å². The Hall–Kier alpha value is -1.78. The lowest BCUT2D eigenvalue weighted by Crippen LogP contribution is -1.82. The Morgan fingerprint density at radius 2 is 1.48 bits per heavy atom. The summed E-state index contributed by atoms with van der Waals surface area (Å²) in [5.74, 6) is 0. The van der Waals surface area contributed by atoms with E-state index in [0.717, 1.165) is 21.0 Å². The third-order valence-corrected chi connectivity index (χ3v) is 5.76. The van der Waals surface area contributed by atoms with Gasteiger partial charge in [0.15, 0.2) is 0 Å². The normalized spacial score (nSPS) is 11.6. The lowest BCUT2D eigenvalue weighted by molar-refractivity contribution is 1.33. The largest absolute Gasteiger partial charge is 0.241 e. The van der Waals surface area contributed by atoms with E-state index in [0.29, 0.717) is 0 Å². The number of rotatable bonds is 1. The molecule has 2 heterocycles. The Bertz CT molecular complexity index is 928. The molecule has 2 nitrogen and oxygen atoms in total. The third-order valence-electron chi connectivity index (χ3n) is 3.76. The number of aromatic nitrogens is 2. The molecule has 0 bridgehead atoms. The second kappa shape index (κ2) is 4.61. The van der Waals surface area contributed by atoms with Crippen molar-refractivity contribution in [3.8, 4) is 10.6 Å². The van der Waals surface area contributed by atoms with Crippen LogP contribution in [0.3, 0.4) is 0 Å². The number of hydrogen-bond donors (Lipinski definition) is 0. The highest BCUT2D eigenvalue weighted by Gasteiger charge is 2.10. The summed E-state index contributed by atoms with van der Waals surface area (Å²) in [6.07, 6.45) is 0. The van der Waals surface area contributed by atoms with Gasteiger partial charge in [-0.2, -0.15) is 0 Å². The van der Waals surface area contributed by atoms with Gasteiger partial charge in [-0.25, -0.2) is 9.97 Å². The van der Waals surface area contributed by atoms with Crippen molar-refractivity contribution in [1.82, 2.24) is 9.97 Å². The Morgan fingerprint density at radius 3 is 2.24 bits per heavy atom. The molecule has 4 aromatic rings. The second-order valence-electron chi connectivity index (χ2n) is 5.34. The summed E-state index contributed by atoms with van der Waals surface area (Å²) in [5.41, 5.74) is 5.99. The lowest BCUT2D eigenvalue weighted by Gasteiger charge is -2.01. The van der Waals surface area contributed by atoms with Crippen LogP contribution in [0.5, 0.6) is 0 Å². The van der Waals surface area contributed by atoms with Crippen molar-refractivity contribution in [2.75, 3.05) is 0 Å². The van der Waals surface area contributed by atoms with Crippen LogP contribution in [-0.2, 0) is 0 Å². The first-order chi connectivity index (χ1) is 10.1. The quantitative estimate of drug-likeness (QED) is 0.464. The summed E-state index contributed by atoms with van der Waals surface area (Å²) < 4.78 is 2.43. The molecule has 0 atom stereocenters. The van der Waals surface area contributed by atoms with E-state index in [1.165, 1.54) is 26.1 Å². The minimum Gasteiger partial charge on any atom is -0.241 e. The van der Waals surface area contributed by atoms with Gasteiger partial charge in [0, 0.05) is 5.56 Å². The fraction of sp³-hybridized carbons (Fsp3) is 0.176. The van der Waals surface area contributed by atoms with E-state index in [-0.39, 0.29) is 0 Å². The zero-order valence-electron chi connectivity index (χ0n) is 12.1. The fourth-order valence-corrected chi connectivity index (χ4v) is 4.28. The topological polar surface area (TPSA) is 25.8 Å². The first-order valence-electron chi connectivity index (χ1n) is 6.85. The van der Waals surface area contributed by atoms with Crippen LogP contribution in [0.1, 0.15) is 16.1 Å². The number of hydrogen-bond acceptors (Lipinski definition) is 4. The van der Waals surface area contributed by atoms with Crippen LogP contribution < -0.4 is 0 Å². The summed E-state index contributed by atoms with van der Waals surface area (Å²) in [7, 11) is 0. The number of aryl methyl sites for hydroxylation is 3. The van der Waals surface area contributed by atoms with E-state index in [1.807, 2.05) is 6.92 Å². The van der Waals surface area contributed by atoms with Crippen molar-refractivity contribution in [2.45, 2.75) is 20.8 Å². The van der Waals surface area contributed by atoms with E-state index in [9.17, 15) is 0 Å². The van der Waals surface area contributed by atoms with E-state index >= 15 is 0 Å². The van der Waals surface area contributed by atoms with Crippen molar-refractivity contribution in [3.05, 3.63) is 46.5 Å². The molecule has 21 heavy (non-hydrogen) atoms. The number of benzene rings is 2. The second-order valence-corrected chi connectivity index (χ2v) is 7.60. The number of nitrogens with zero attached hydrogens (tertiary/aromatic N) is 2. The molecule has 0 saturated heterocycles. The Morgan fingerprint density at radius 1 is 0.762 bits per heavy atom. The molecular formula is C17H14N2S2. The number of thiazole rings is 2. The average molecular weight is 310 g/mol. The van der Waals surface area contributed by atoms with Gasteiger partial charge in [0.1, 0.15) is 5.01 Å². The molecule has 2 aromatic heterocycles. The van der Waals surface area contributed by atoms with Gasteiger partial charge in [-0.05, 0) is 50.1 Å². The van der Waals surface area contributed by atoms with Gasteiger partial charge in [-0.3, -0.25) is 0 Å². The maximum atomic E-state index is 4.81. The van der Waals surface area contributed by atoms with Crippen LogP contribution in [-0.4, -0.2) is 9.97 Å². The van der Waals surface area contributed by atoms with E-state index < -0.39 is 0 Å². The van der Waals surface area contributed by atoms with Gasteiger partial charge in [0.2, 0.25) is 0 Å². The molecular weight excluding hydrogens is 296 g/mol. The summed E-state index contributed by atoms with van der Waals surface area (Å²) in [5, 5.41) is 2.19. The van der Waals surface area contributed by atoms with Crippen LogP contribution in [0.2, 0.25) is 0 Å². The minimum atomic E-state index is 1.07. The molecule has 0 aliphatic carbocycles. The van der Waals surface area contributed by atoms with Gasteiger partial charge < -0.3 is 0 Å². The molecule has 0 radical (unpaired) electrons. The zero-order valence-corrected chi connectivity index (χ0v) is 13.7. The molecule has 104 valence electrons. The van der Waals surface area contributed by atoms with Crippen molar-refractivity contribution in [3.63, 3.8) is 0 Å². The third kappa shape index (κ3) is 2.15. The molecule has 0 saturated carbocycles. The van der Waals surface area contributed by atoms with Crippen LogP contribution in [0.4, 0.5) is 0 Å². The van der Waals surface area contributed by atoms with Crippen LogP contribution in [0.25, 0.3) is 31.0 Å². The summed E-state index contributed by atoms with van der Waals surface area (Å²) in [6.45, 7) is 6.33. The monoisotopic (exact) mass is 310 g/mol. The lowest BCUT2D eigenvalue weighted by atomic mass is 10.1. The highest BCUT2D eigenvalue weighted by Crippen LogP contribution is 2.34. The van der Waals surface area contributed by atoms with Gasteiger partial charge in [0.05, 0.1) is 25.4 Å². The maximum Gasteiger partial charge on any atom is 0.124 e. The van der Waals surface area contributed by atoms with Gasteiger partial charge in [0.25, 0.3) is 0 Å². The van der Waals surface area contributed by atoms with Gasteiger partial charge in [-0.1, -0.05) is 12.1 Å². The first-order valence-corrected chi connectivity index (χ1v) is 8.49. The zero-order chi connectivity index (χ0) is 14.6. The molecule has 4 rings (SSSR count). The predicted molar refractivity (Wildman–Crippen MR) is 92.4 cm³/mol. The molecule has 0 aliphatic rings. The van der Waals surface area contributed by atoms with Gasteiger partial charge >= 0.3 is 0 Å². The molecule has 0 spiro atoms. The van der Waals surface area contributed by atoms with E-state index in [1.54, 1.807) is 22.7 Å². The molecule has 0 unspecified atom stereocenters. The van der Waals surface area contributed by atoms with E-state index in [4.69, 9.17) is 4.98 Å². The summed E-state index contributed by atoms with van der Waals surface area (Å²) in [6, 6.07) is 10.9. The summed E-state index contributed by atoms with van der Waals surface area (Å²) in [4.78, 5) is 9.38. The highest BCUT2D eigenvalue weighted by atomic mass is 32.1. The van der Waals surface area contributed by atoms with Crippen LogP contribution in [0, 0.1) is 20.8 Å². The number of fused-ring (bicyclic) bond motifs is 2. The maximum absolute atomic E-state index is 4.81. The molecule has 2 aromatic carbocycles. The first kappa shape index (κ1) is 12.9. The molecule has 4 heteroatoms.